The minimum atomic E-state index is -1.37. The molecule has 0 spiro atoms. The molecule has 0 bridgehead atoms. The van der Waals surface area contributed by atoms with Crippen LogP contribution in [0.3, 0.4) is 0 Å². The zero-order valence-corrected chi connectivity index (χ0v) is 12.4. The molecule has 5 nitrogen and oxygen atoms in total. The smallest absolute Gasteiger partial charge is 0.325 e. The molecule has 21 heavy (non-hydrogen) atoms. The lowest BCUT2D eigenvalue weighted by Gasteiger charge is -2.24. The summed E-state index contributed by atoms with van der Waals surface area (Å²) in [4.78, 5) is 25.4. The van der Waals surface area contributed by atoms with Crippen LogP contribution in [0.5, 0.6) is 0 Å². The summed E-state index contributed by atoms with van der Waals surface area (Å²) in [6.07, 6.45) is -0.365. The van der Waals surface area contributed by atoms with Crippen molar-refractivity contribution in [2.45, 2.75) is 31.9 Å². The number of imide groups is 1. The van der Waals surface area contributed by atoms with Crippen LogP contribution < -0.4 is 5.32 Å². The zero-order chi connectivity index (χ0) is 15.8. The molecule has 0 saturated carbocycles. The lowest BCUT2D eigenvalue weighted by atomic mass is 9.92. The lowest BCUT2D eigenvalue weighted by Crippen LogP contribution is -2.42. The molecule has 1 aliphatic heterocycles. The van der Waals surface area contributed by atoms with Crippen LogP contribution in [0.1, 0.15) is 25.8 Å². The first-order valence-electron chi connectivity index (χ1n) is 6.57. The number of urea groups is 1. The topological polar surface area (TPSA) is 69.6 Å². The first kappa shape index (κ1) is 15.7. The van der Waals surface area contributed by atoms with Crippen molar-refractivity contribution in [1.29, 1.82) is 0 Å². The fourth-order valence-electron chi connectivity index (χ4n) is 2.28. The van der Waals surface area contributed by atoms with Gasteiger partial charge in [-0.25, -0.2) is 9.18 Å². The minimum absolute atomic E-state index is 0.0593. The maximum absolute atomic E-state index is 13.1. The Kier molecular flexibility index (Phi) is 4.20. The molecule has 1 fully saturated rings. The highest BCUT2D eigenvalue weighted by molar-refractivity contribution is 6.32. The minimum Gasteiger partial charge on any atom is -0.391 e. The number of nitrogens with zero attached hydrogens (tertiary/aromatic N) is 1. The van der Waals surface area contributed by atoms with E-state index in [0.717, 1.165) is 11.0 Å². The average molecular weight is 315 g/mol. The zero-order valence-electron chi connectivity index (χ0n) is 11.7. The van der Waals surface area contributed by atoms with E-state index in [1.165, 1.54) is 19.1 Å². The van der Waals surface area contributed by atoms with Crippen LogP contribution in [0.25, 0.3) is 0 Å². The van der Waals surface area contributed by atoms with Crippen LogP contribution in [-0.4, -0.2) is 34.6 Å². The Morgan fingerprint density at radius 3 is 2.71 bits per heavy atom. The van der Waals surface area contributed by atoms with Crippen LogP contribution >= 0.6 is 11.6 Å². The van der Waals surface area contributed by atoms with Gasteiger partial charge in [0.1, 0.15) is 11.4 Å². The van der Waals surface area contributed by atoms with E-state index in [0.29, 0.717) is 12.0 Å². The molecule has 114 valence electrons. The SMILES string of the molecule is CC[C@@H](O)CN1C(=O)N[C@](C)(c2ccc(F)cc2Cl)C1=O. The number of hydrogen-bond donors (Lipinski definition) is 2. The van der Waals surface area contributed by atoms with Gasteiger partial charge in [-0.1, -0.05) is 24.6 Å². The van der Waals surface area contributed by atoms with Crippen LogP contribution in [0.2, 0.25) is 5.02 Å². The Morgan fingerprint density at radius 1 is 1.48 bits per heavy atom. The van der Waals surface area contributed by atoms with Crippen molar-refractivity contribution in [3.8, 4) is 0 Å². The molecule has 0 unspecified atom stereocenters. The summed E-state index contributed by atoms with van der Waals surface area (Å²) in [5, 5.41) is 12.3. The molecule has 1 aromatic rings. The number of halogens is 2. The van der Waals surface area contributed by atoms with E-state index in [2.05, 4.69) is 5.32 Å². The van der Waals surface area contributed by atoms with Gasteiger partial charge >= 0.3 is 6.03 Å². The summed E-state index contributed by atoms with van der Waals surface area (Å²) < 4.78 is 13.1. The number of amides is 3. The molecule has 0 aromatic heterocycles. The van der Waals surface area contributed by atoms with Gasteiger partial charge in [0.2, 0.25) is 0 Å². The third-order valence-electron chi connectivity index (χ3n) is 3.61. The fraction of sp³-hybridized carbons (Fsp3) is 0.429. The highest BCUT2D eigenvalue weighted by Gasteiger charge is 2.50. The van der Waals surface area contributed by atoms with Gasteiger partial charge in [0, 0.05) is 10.6 Å². The highest BCUT2D eigenvalue weighted by atomic mass is 35.5. The van der Waals surface area contributed by atoms with Crippen molar-refractivity contribution in [2.24, 2.45) is 0 Å². The predicted octanol–water partition coefficient (Wildman–Crippen LogP) is 2.02. The number of carbonyl (C=O) groups is 2. The summed E-state index contributed by atoms with van der Waals surface area (Å²) in [6.45, 7) is 3.17. The fourth-order valence-corrected chi connectivity index (χ4v) is 2.64. The van der Waals surface area contributed by atoms with Crippen molar-refractivity contribution in [3.05, 3.63) is 34.6 Å². The Hall–Kier alpha value is -1.66. The summed E-state index contributed by atoms with van der Waals surface area (Å²) in [7, 11) is 0. The van der Waals surface area contributed by atoms with Crippen LogP contribution in [-0.2, 0) is 10.3 Å². The molecular weight excluding hydrogens is 299 g/mol. The molecule has 0 radical (unpaired) electrons. The Morgan fingerprint density at radius 2 is 2.14 bits per heavy atom. The van der Waals surface area contributed by atoms with Crippen molar-refractivity contribution in [1.82, 2.24) is 10.2 Å². The third kappa shape index (κ3) is 2.73. The second kappa shape index (κ2) is 5.61. The number of carbonyl (C=O) groups excluding carboxylic acids is 2. The molecule has 0 aliphatic carbocycles. The van der Waals surface area contributed by atoms with Gasteiger partial charge in [-0.3, -0.25) is 9.69 Å². The van der Waals surface area contributed by atoms with E-state index in [1.54, 1.807) is 6.92 Å². The Bertz CT molecular complexity index is 596. The average Bonchev–Trinajstić information content (AvgIpc) is 2.62. The van der Waals surface area contributed by atoms with Crippen molar-refractivity contribution in [3.63, 3.8) is 0 Å². The van der Waals surface area contributed by atoms with Gasteiger partial charge in [0.25, 0.3) is 5.91 Å². The maximum Gasteiger partial charge on any atom is 0.325 e. The van der Waals surface area contributed by atoms with E-state index in [4.69, 9.17) is 11.6 Å². The summed E-state index contributed by atoms with van der Waals surface area (Å²) in [5.74, 6) is -1.05. The van der Waals surface area contributed by atoms with Crippen LogP contribution in [0, 0.1) is 5.82 Å². The number of nitrogens with one attached hydrogen (secondary N) is 1. The molecule has 3 amide bonds. The molecule has 1 aromatic carbocycles. The molecular formula is C14H16ClFN2O3. The molecule has 1 saturated heterocycles. The molecule has 2 atom stereocenters. The Balaban J connectivity index is 2.36. The van der Waals surface area contributed by atoms with E-state index >= 15 is 0 Å². The lowest BCUT2D eigenvalue weighted by molar-refractivity contribution is -0.132. The van der Waals surface area contributed by atoms with E-state index in [1.807, 2.05) is 0 Å². The standard InChI is InChI=1S/C14H16ClFN2O3/c1-3-9(19)7-18-12(20)14(2,17-13(18)21)10-5-4-8(16)6-11(10)15/h4-6,9,19H,3,7H2,1-2H3,(H,17,21)/t9-,14-/m1/s1. The first-order chi connectivity index (χ1) is 9.79. The predicted molar refractivity (Wildman–Crippen MR) is 75.3 cm³/mol. The molecule has 2 rings (SSSR count). The summed E-state index contributed by atoms with van der Waals surface area (Å²) in [6, 6.07) is 3.03. The van der Waals surface area contributed by atoms with E-state index < -0.39 is 29.4 Å². The second-order valence-corrected chi connectivity index (χ2v) is 5.56. The van der Waals surface area contributed by atoms with E-state index in [-0.39, 0.29) is 11.6 Å². The van der Waals surface area contributed by atoms with Gasteiger partial charge in [-0.2, -0.15) is 0 Å². The number of benzene rings is 1. The largest absolute Gasteiger partial charge is 0.391 e. The molecule has 1 heterocycles. The quantitative estimate of drug-likeness (QED) is 0.835. The monoisotopic (exact) mass is 314 g/mol. The number of rotatable bonds is 4. The maximum atomic E-state index is 13.1. The van der Waals surface area contributed by atoms with Gasteiger partial charge in [0.05, 0.1) is 12.6 Å². The van der Waals surface area contributed by atoms with E-state index in [9.17, 15) is 19.1 Å². The Labute approximate surface area is 126 Å². The summed E-state index contributed by atoms with van der Waals surface area (Å²) in [5.41, 5.74) is -1.05. The highest BCUT2D eigenvalue weighted by Crippen LogP contribution is 2.34. The van der Waals surface area contributed by atoms with Gasteiger partial charge < -0.3 is 10.4 Å². The van der Waals surface area contributed by atoms with Gasteiger partial charge in [0.15, 0.2) is 0 Å². The number of aliphatic hydroxyl groups excluding tert-OH is 1. The molecule has 7 heteroatoms. The summed E-state index contributed by atoms with van der Waals surface area (Å²) >= 11 is 5.98. The van der Waals surface area contributed by atoms with Gasteiger partial charge in [-0.15, -0.1) is 0 Å². The second-order valence-electron chi connectivity index (χ2n) is 5.16. The normalized spacial score (nSPS) is 23.4. The third-order valence-corrected chi connectivity index (χ3v) is 3.92. The van der Waals surface area contributed by atoms with Crippen LogP contribution in [0.15, 0.2) is 18.2 Å². The van der Waals surface area contributed by atoms with Crippen molar-refractivity contribution >= 4 is 23.5 Å². The number of hydrogen-bond acceptors (Lipinski definition) is 3. The first-order valence-corrected chi connectivity index (χ1v) is 6.95. The van der Waals surface area contributed by atoms with Crippen molar-refractivity contribution < 1.29 is 19.1 Å². The van der Waals surface area contributed by atoms with Gasteiger partial charge in [-0.05, 0) is 25.5 Å². The molecule has 2 N–H and O–H groups in total. The number of β-amino-alcohol motifs (C(OH)–C–C–N with tert-alkyl or cyclic N) is 1. The van der Waals surface area contributed by atoms with Crippen LogP contribution in [0.4, 0.5) is 9.18 Å². The number of aliphatic hydroxyl groups is 1. The van der Waals surface area contributed by atoms with Crippen molar-refractivity contribution in [2.75, 3.05) is 6.54 Å². The molecule has 1 aliphatic rings.